The first-order valence-electron chi connectivity index (χ1n) is 17.5. The zero-order valence-corrected chi connectivity index (χ0v) is 28.9. The molecule has 5 aromatic carbocycles. The SMILES string of the molecule is Fc1cc(-c2nc(-c3ccccc3)nc(-c3cc(F)c(-c4cc5cccnc5c5ncccc45)c(F)c3)n2)cc(F)c1-c1cc2cccnc2c2ncccc12. The molecular formula is C45H23F4N7. The summed E-state index contributed by atoms with van der Waals surface area (Å²) in [5, 5.41) is 2.38. The summed E-state index contributed by atoms with van der Waals surface area (Å²) in [7, 11) is 0. The van der Waals surface area contributed by atoms with Gasteiger partial charge in [0, 0.05) is 63.0 Å². The number of aromatic nitrogens is 7. The summed E-state index contributed by atoms with van der Waals surface area (Å²) in [5.74, 6) is -3.54. The number of rotatable bonds is 5. The largest absolute Gasteiger partial charge is 0.254 e. The van der Waals surface area contributed by atoms with Crippen LogP contribution in [0.15, 0.2) is 140 Å². The van der Waals surface area contributed by atoms with Crippen LogP contribution in [0.3, 0.4) is 0 Å². The van der Waals surface area contributed by atoms with Crippen molar-refractivity contribution in [3.8, 4) is 56.4 Å². The van der Waals surface area contributed by atoms with Crippen LogP contribution in [0.25, 0.3) is 100 Å². The monoisotopic (exact) mass is 737 g/mol. The topological polar surface area (TPSA) is 90.2 Å². The van der Waals surface area contributed by atoms with Gasteiger partial charge in [0.05, 0.1) is 33.2 Å². The summed E-state index contributed by atoms with van der Waals surface area (Å²) < 4.78 is 65.3. The van der Waals surface area contributed by atoms with Crippen LogP contribution in [0, 0.1) is 23.3 Å². The van der Waals surface area contributed by atoms with Gasteiger partial charge in [-0.1, -0.05) is 54.6 Å². The highest BCUT2D eigenvalue weighted by Crippen LogP contribution is 2.40. The lowest BCUT2D eigenvalue weighted by atomic mass is 9.95. The van der Waals surface area contributed by atoms with Gasteiger partial charge in [-0.15, -0.1) is 0 Å². The molecule has 5 heterocycles. The van der Waals surface area contributed by atoms with E-state index >= 15 is 17.6 Å². The molecule has 0 spiro atoms. The van der Waals surface area contributed by atoms with E-state index in [0.29, 0.717) is 60.3 Å². The van der Waals surface area contributed by atoms with Crippen LogP contribution < -0.4 is 0 Å². The Labute approximate surface area is 315 Å². The van der Waals surface area contributed by atoms with Crippen LogP contribution in [0.4, 0.5) is 17.6 Å². The Kier molecular flexibility index (Phi) is 7.73. The van der Waals surface area contributed by atoms with E-state index in [2.05, 4.69) is 34.9 Å². The molecule has 5 aromatic heterocycles. The normalized spacial score (nSPS) is 11.6. The molecule has 0 N–H and O–H groups in total. The Morgan fingerprint density at radius 1 is 0.339 bits per heavy atom. The van der Waals surface area contributed by atoms with Crippen LogP contribution >= 0.6 is 0 Å². The average molecular weight is 738 g/mol. The Morgan fingerprint density at radius 2 is 0.714 bits per heavy atom. The first-order valence-corrected chi connectivity index (χ1v) is 17.5. The molecule has 7 nitrogen and oxygen atoms in total. The predicted octanol–water partition coefficient (Wildman–Crippen LogP) is 11.0. The van der Waals surface area contributed by atoms with Crippen molar-refractivity contribution in [2.75, 3.05) is 0 Å². The molecular weight excluding hydrogens is 715 g/mol. The number of hydrogen-bond acceptors (Lipinski definition) is 7. The molecule has 10 aromatic rings. The molecule has 0 radical (unpaired) electrons. The molecule has 0 aliphatic carbocycles. The summed E-state index contributed by atoms with van der Waals surface area (Å²) in [4.78, 5) is 31.5. The highest BCUT2D eigenvalue weighted by Gasteiger charge is 2.23. The number of halogens is 4. The average Bonchev–Trinajstić information content (AvgIpc) is 3.23. The Hall–Kier alpha value is -7.53. The van der Waals surface area contributed by atoms with Crippen molar-refractivity contribution in [3.63, 3.8) is 0 Å². The van der Waals surface area contributed by atoms with Gasteiger partial charge in [-0.25, -0.2) is 32.5 Å². The lowest BCUT2D eigenvalue weighted by molar-refractivity contribution is 0.590. The van der Waals surface area contributed by atoms with Crippen LogP contribution in [-0.4, -0.2) is 34.9 Å². The smallest absolute Gasteiger partial charge is 0.164 e. The van der Waals surface area contributed by atoms with Crippen molar-refractivity contribution in [1.29, 1.82) is 0 Å². The molecule has 0 aliphatic rings. The maximum absolute atomic E-state index is 16.3. The van der Waals surface area contributed by atoms with Crippen molar-refractivity contribution < 1.29 is 17.6 Å². The van der Waals surface area contributed by atoms with Crippen molar-refractivity contribution in [2.45, 2.75) is 0 Å². The van der Waals surface area contributed by atoms with Gasteiger partial charge in [-0.05, 0) is 71.8 Å². The van der Waals surface area contributed by atoms with Gasteiger partial charge < -0.3 is 0 Å². The molecule has 0 fully saturated rings. The van der Waals surface area contributed by atoms with Crippen molar-refractivity contribution in [1.82, 2.24) is 34.9 Å². The summed E-state index contributed by atoms with van der Waals surface area (Å²) in [5.41, 5.74) is 2.85. The van der Waals surface area contributed by atoms with E-state index in [0.717, 1.165) is 24.3 Å². The Bertz CT molecular complexity index is 2970. The first-order chi connectivity index (χ1) is 27.4. The van der Waals surface area contributed by atoms with Crippen molar-refractivity contribution >= 4 is 43.6 Å². The highest BCUT2D eigenvalue weighted by molar-refractivity contribution is 6.11. The minimum atomic E-state index is -0.870. The molecule has 0 aliphatic heterocycles. The molecule has 0 amide bonds. The van der Waals surface area contributed by atoms with Crippen molar-refractivity contribution in [2.24, 2.45) is 0 Å². The zero-order chi connectivity index (χ0) is 37.9. The van der Waals surface area contributed by atoms with Crippen molar-refractivity contribution in [3.05, 3.63) is 163 Å². The molecule has 0 atom stereocenters. The maximum Gasteiger partial charge on any atom is 0.164 e. The number of benzene rings is 5. The third-order valence-electron chi connectivity index (χ3n) is 9.73. The van der Waals surface area contributed by atoms with E-state index in [9.17, 15) is 0 Å². The standard InChI is InChI=1S/C45H23F4N7/c46-33-20-27(21-34(47)37(33)31-18-25-10-4-14-50-39(25)41-29(31)12-6-16-52-41)44-54-43(24-8-2-1-3-9-24)55-45(56-44)28-22-35(48)38(36(49)23-28)32-19-26-11-5-15-51-40(26)42-30(32)13-7-17-53-42/h1-23H. The van der Waals surface area contributed by atoms with Crippen LogP contribution in [0.1, 0.15) is 0 Å². The summed E-state index contributed by atoms with van der Waals surface area (Å²) in [6.45, 7) is 0. The predicted molar refractivity (Wildman–Crippen MR) is 208 cm³/mol. The molecule has 0 saturated heterocycles. The Morgan fingerprint density at radius 3 is 1.14 bits per heavy atom. The minimum absolute atomic E-state index is 0.00391. The lowest BCUT2D eigenvalue weighted by Gasteiger charge is -2.14. The fraction of sp³-hybridized carbons (Fsp3) is 0. The van der Waals surface area contributed by atoms with Crippen LogP contribution in [-0.2, 0) is 0 Å². The number of nitrogens with zero attached hydrogens (tertiary/aromatic N) is 7. The third kappa shape index (κ3) is 5.48. The number of fused-ring (bicyclic) bond motifs is 6. The van der Waals surface area contributed by atoms with Gasteiger partial charge in [-0.2, -0.15) is 0 Å². The van der Waals surface area contributed by atoms with E-state index in [1.165, 1.54) is 0 Å². The summed E-state index contributed by atoms with van der Waals surface area (Å²) in [6, 6.07) is 30.7. The quantitative estimate of drug-likeness (QED) is 0.128. The fourth-order valence-corrected chi connectivity index (χ4v) is 7.24. The van der Waals surface area contributed by atoms with Gasteiger partial charge in [0.15, 0.2) is 17.5 Å². The molecule has 11 heteroatoms. The van der Waals surface area contributed by atoms with Crippen LogP contribution in [0.5, 0.6) is 0 Å². The van der Waals surface area contributed by atoms with Gasteiger partial charge in [0.25, 0.3) is 0 Å². The fourth-order valence-electron chi connectivity index (χ4n) is 7.24. The first kappa shape index (κ1) is 33.1. The van der Waals surface area contributed by atoms with Gasteiger partial charge in [0.1, 0.15) is 23.3 Å². The van der Waals surface area contributed by atoms with E-state index in [1.54, 1.807) is 110 Å². The van der Waals surface area contributed by atoms with E-state index in [4.69, 9.17) is 0 Å². The molecule has 0 bridgehead atoms. The Balaban J connectivity index is 1.13. The highest BCUT2D eigenvalue weighted by atomic mass is 19.1. The van der Waals surface area contributed by atoms with E-state index in [-0.39, 0.29) is 39.7 Å². The van der Waals surface area contributed by atoms with Gasteiger partial charge >= 0.3 is 0 Å². The lowest BCUT2D eigenvalue weighted by Crippen LogP contribution is -2.03. The van der Waals surface area contributed by atoms with Gasteiger partial charge in [0.2, 0.25) is 0 Å². The van der Waals surface area contributed by atoms with Gasteiger partial charge in [-0.3, -0.25) is 19.9 Å². The van der Waals surface area contributed by atoms with Crippen LogP contribution in [0.2, 0.25) is 0 Å². The molecule has 10 rings (SSSR count). The minimum Gasteiger partial charge on any atom is -0.254 e. The summed E-state index contributed by atoms with van der Waals surface area (Å²) in [6.07, 6.45) is 6.48. The van der Waals surface area contributed by atoms with E-state index < -0.39 is 23.3 Å². The molecule has 0 unspecified atom stereocenters. The molecule has 0 saturated carbocycles. The molecule has 266 valence electrons. The third-order valence-corrected chi connectivity index (χ3v) is 9.73. The van der Waals surface area contributed by atoms with E-state index in [1.807, 2.05) is 6.07 Å². The zero-order valence-electron chi connectivity index (χ0n) is 28.9. The number of pyridine rings is 4. The summed E-state index contributed by atoms with van der Waals surface area (Å²) >= 11 is 0. The number of hydrogen-bond donors (Lipinski definition) is 0. The molecule has 56 heavy (non-hydrogen) atoms. The maximum atomic E-state index is 16.3. The second kappa shape index (κ2) is 13.1. The second-order valence-corrected chi connectivity index (χ2v) is 13.1. The second-order valence-electron chi connectivity index (χ2n) is 13.1.